The molecule has 1 saturated carbocycles. The number of ether oxygens (including phenoxy) is 1. The van der Waals surface area contributed by atoms with Gasteiger partial charge in [-0.3, -0.25) is 4.90 Å². The van der Waals surface area contributed by atoms with Crippen LogP contribution in [0.3, 0.4) is 0 Å². The quantitative estimate of drug-likeness (QED) is 0.690. The van der Waals surface area contributed by atoms with Crippen LogP contribution in [0.4, 0.5) is 0 Å². The summed E-state index contributed by atoms with van der Waals surface area (Å²) in [6.45, 7) is 6.72. The molecule has 0 aromatic heterocycles. The highest BCUT2D eigenvalue weighted by Crippen LogP contribution is 2.35. The van der Waals surface area contributed by atoms with Gasteiger partial charge in [-0.15, -0.1) is 0 Å². The number of nitrogens with one attached hydrogen (secondary N) is 1. The first kappa shape index (κ1) is 10.1. The third kappa shape index (κ3) is 1.93. The first-order valence-corrected chi connectivity index (χ1v) is 6.47. The molecule has 3 atom stereocenters. The van der Waals surface area contributed by atoms with Crippen molar-refractivity contribution in [1.82, 2.24) is 10.2 Å². The number of hydrogen-bond donors (Lipinski definition) is 1. The first-order valence-electron chi connectivity index (χ1n) is 6.47. The Balaban J connectivity index is 1.71. The van der Waals surface area contributed by atoms with Gasteiger partial charge in [0.05, 0.1) is 13.2 Å². The molecule has 0 radical (unpaired) electrons. The van der Waals surface area contributed by atoms with Gasteiger partial charge in [-0.2, -0.15) is 0 Å². The molecule has 2 saturated heterocycles. The van der Waals surface area contributed by atoms with E-state index in [4.69, 9.17) is 4.74 Å². The molecule has 0 aromatic carbocycles. The zero-order valence-electron chi connectivity index (χ0n) is 9.45. The molecular weight excluding hydrogens is 188 g/mol. The fourth-order valence-corrected chi connectivity index (χ4v) is 3.74. The van der Waals surface area contributed by atoms with Crippen molar-refractivity contribution >= 4 is 0 Å². The van der Waals surface area contributed by atoms with Crippen molar-refractivity contribution in [2.24, 2.45) is 11.8 Å². The maximum Gasteiger partial charge on any atom is 0.0594 e. The topological polar surface area (TPSA) is 24.5 Å². The number of nitrogens with zero attached hydrogens (tertiary/aromatic N) is 1. The van der Waals surface area contributed by atoms with Crippen molar-refractivity contribution in [3.63, 3.8) is 0 Å². The van der Waals surface area contributed by atoms with Crippen LogP contribution < -0.4 is 5.32 Å². The summed E-state index contributed by atoms with van der Waals surface area (Å²) in [6, 6.07) is 0.865. The van der Waals surface area contributed by atoms with Gasteiger partial charge in [0.2, 0.25) is 0 Å². The average Bonchev–Trinajstić information content (AvgIpc) is 2.29. The van der Waals surface area contributed by atoms with Gasteiger partial charge in [0, 0.05) is 19.1 Å². The molecule has 2 aliphatic heterocycles. The highest BCUT2D eigenvalue weighted by molar-refractivity contribution is 4.95. The van der Waals surface area contributed by atoms with E-state index >= 15 is 0 Å². The van der Waals surface area contributed by atoms with Crippen LogP contribution in [0.2, 0.25) is 0 Å². The molecule has 1 aliphatic carbocycles. The molecule has 3 heteroatoms. The summed E-state index contributed by atoms with van der Waals surface area (Å²) in [7, 11) is 0. The summed E-state index contributed by atoms with van der Waals surface area (Å²) in [5, 5.41) is 3.60. The molecule has 1 unspecified atom stereocenters. The largest absolute Gasteiger partial charge is 0.379 e. The van der Waals surface area contributed by atoms with E-state index in [1.807, 2.05) is 0 Å². The predicted molar refractivity (Wildman–Crippen MR) is 59.9 cm³/mol. The van der Waals surface area contributed by atoms with Crippen LogP contribution in [0.15, 0.2) is 0 Å². The lowest BCUT2D eigenvalue weighted by Crippen LogP contribution is -2.59. The van der Waals surface area contributed by atoms with Gasteiger partial charge in [0.1, 0.15) is 0 Å². The molecule has 1 N–H and O–H groups in total. The van der Waals surface area contributed by atoms with E-state index in [0.717, 1.165) is 44.2 Å². The predicted octanol–water partition coefficient (Wildman–Crippen LogP) is 0.707. The van der Waals surface area contributed by atoms with E-state index in [0.29, 0.717) is 0 Å². The van der Waals surface area contributed by atoms with Crippen LogP contribution in [0.1, 0.15) is 19.3 Å². The average molecular weight is 210 g/mol. The molecule has 3 fully saturated rings. The van der Waals surface area contributed by atoms with Crippen LogP contribution in [-0.2, 0) is 4.74 Å². The maximum atomic E-state index is 5.46. The lowest BCUT2D eigenvalue weighted by Gasteiger charge is -2.49. The molecule has 3 aliphatic rings. The molecule has 15 heavy (non-hydrogen) atoms. The minimum absolute atomic E-state index is 0.865. The summed E-state index contributed by atoms with van der Waals surface area (Å²) in [4.78, 5) is 2.71. The lowest BCUT2D eigenvalue weighted by atomic mass is 9.73. The van der Waals surface area contributed by atoms with Crippen LogP contribution in [-0.4, -0.2) is 50.3 Å². The summed E-state index contributed by atoms with van der Waals surface area (Å²) in [5.41, 5.74) is 0. The number of rotatable bonds is 1. The van der Waals surface area contributed by atoms with Crippen LogP contribution in [0.25, 0.3) is 0 Å². The van der Waals surface area contributed by atoms with Gasteiger partial charge in [0.15, 0.2) is 0 Å². The van der Waals surface area contributed by atoms with Gasteiger partial charge in [-0.05, 0) is 37.8 Å². The number of piperidine rings is 1. The maximum absolute atomic E-state index is 5.46. The minimum atomic E-state index is 0.865. The fraction of sp³-hybridized carbons (Fsp3) is 1.00. The van der Waals surface area contributed by atoms with Gasteiger partial charge in [-0.1, -0.05) is 6.42 Å². The highest BCUT2D eigenvalue weighted by Gasteiger charge is 2.39. The number of hydrogen-bond acceptors (Lipinski definition) is 3. The summed E-state index contributed by atoms with van der Waals surface area (Å²) in [5.74, 6) is 1.83. The summed E-state index contributed by atoms with van der Waals surface area (Å²) < 4.78 is 5.46. The Labute approximate surface area is 92.2 Å². The molecular formula is C12H22N2O. The normalized spacial score (nSPS) is 42.8. The molecule has 3 nitrogen and oxygen atoms in total. The Morgan fingerprint density at radius 1 is 1.00 bits per heavy atom. The van der Waals surface area contributed by atoms with Gasteiger partial charge in [0.25, 0.3) is 0 Å². The standard InChI is InChI=1S/C12H22N2O/c1-2-10-8-13-9-11(3-1)12(10)14-4-6-15-7-5-14/h10-13H,1-9H2/t10-,11+,12?. The smallest absolute Gasteiger partial charge is 0.0594 e. The van der Waals surface area contributed by atoms with Crippen molar-refractivity contribution in [1.29, 1.82) is 0 Å². The van der Waals surface area contributed by atoms with E-state index in [1.54, 1.807) is 0 Å². The third-order valence-electron chi connectivity index (χ3n) is 4.40. The molecule has 86 valence electrons. The van der Waals surface area contributed by atoms with Crippen molar-refractivity contribution in [3.8, 4) is 0 Å². The van der Waals surface area contributed by atoms with E-state index in [-0.39, 0.29) is 0 Å². The van der Waals surface area contributed by atoms with Crippen molar-refractivity contribution in [3.05, 3.63) is 0 Å². The molecule has 2 bridgehead atoms. The van der Waals surface area contributed by atoms with Crippen molar-refractivity contribution in [2.45, 2.75) is 25.3 Å². The van der Waals surface area contributed by atoms with E-state index in [9.17, 15) is 0 Å². The zero-order valence-corrected chi connectivity index (χ0v) is 9.45. The lowest BCUT2D eigenvalue weighted by molar-refractivity contribution is -0.0361. The van der Waals surface area contributed by atoms with E-state index in [1.165, 1.54) is 32.4 Å². The number of morpholine rings is 1. The first-order chi connectivity index (χ1) is 7.45. The Morgan fingerprint density at radius 3 is 2.33 bits per heavy atom. The van der Waals surface area contributed by atoms with Crippen molar-refractivity contribution < 1.29 is 4.74 Å². The van der Waals surface area contributed by atoms with E-state index in [2.05, 4.69) is 10.2 Å². The van der Waals surface area contributed by atoms with Crippen molar-refractivity contribution in [2.75, 3.05) is 39.4 Å². The highest BCUT2D eigenvalue weighted by atomic mass is 16.5. The molecule has 0 aromatic rings. The molecule has 3 rings (SSSR count). The van der Waals surface area contributed by atoms with Crippen LogP contribution in [0.5, 0.6) is 0 Å². The Hall–Kier alpha value is -0.120. The Morgan fingerprint density at radius 2 is 1.67 bits per heavy atom. The molecule has 0 spiro atoms. The van der Waals surface area contributed by atoms with Gasteiger partial charge in [-0.25, -0.2) is 0 Å². The SMILES string of the molecule is C1C[C@@H]2CNC[C@H](C1)C2N1CCOCC1. The second-order valence-electron chi connectivity index (χ2n) is 5.25. The van der Waals surface area contributed by atoms with Gasteiger partial charge < -0.3 is 10.1 Å². The van der Waals surface area contributed by atoms with Crippen LogP contribution in [0, 0.1) is 11.8 Å². The summed E-state index contributed by atoms with van der Waals surface area (Å²) >= 11 is 0. The number of fused-ring (bicyclic) bond motifs is 2. The Bertz CT molecular complexity index is 194. The Kier molecular flexibility index (Phi) is 2.95. The zero-order chi connectivity index (χ0) is 10.1. The third-order valence-corrected chi connectivity index (χ3v) is 4.40. The monoisotopic (exact) mass is 210 g/mol. The van der Waals surface area contributed by atoms with Gasteiger partial charge >= 0.3 is 0 Å². The molecule has 0 amide bonds. The fourth-order valence-electron chi connectivity index (χ4n) is 3.74. The van der Waals surface area contributed by atoms with Crippen LogP contribution >= 0.6 is 0 Å². The minimum Gasteiger partial charge on any atom is -0.379 e. The van der Waals surface area contributed by atoms with E-state index < -0.39 is 0 Å². The molecule has 2 heterocycles. The summed E-state index contributed by atoms with van der Waals surface area (Å²) in [6.07, 6.45) is 4.33. The second kappa shape index (κ2) is 4.40. The second-order valence-corrected chi connectivity index (χ2v) is 5.25.